The van der Waals surface area contributed by atoms with Gasteiger partial charge in [0.2, 0.25) is 0 Å². The summed E-state index contributed by atoms with van der Waals surface area (Å²) in [5.41, 5.74) is -0.155. The van der Waals surface area contributed by atoms with Crippen molar-refractivity contribution in [2.45, 2.75) is 19.9 Å². The maximum absolute atomic E-state index is 14.6. The zero-order valence-electron chi connectivity index (χ0n) is 12.3. The van der Waals surface area contributed by atoms with Crippen molar-refractivity contribution in [2.75, 3.05) is 32.8 Å². The van der Waals surface area contributed by atoms with Crippen molar-refractivity contribution in [1.82, 2.24) is 10.2 Å². The summed E-state index contributed by atoms with van der Waals surface area (Å²) < 4.78 is 14.6. The van der Waals surface area contributed by atoms with Crippen molar-refractivity contribution in [1.29, 1.82) is 0 Å². The molecule has 6 heteroatoms. The largest absolute Gasteiger partial charge is 0.396 e. The lowest BCUT2D eigenvalue weighted by Crippen LogP contribution is -2.50. The predicted molar refractivity (Wildman–Crippen MR) is 84.5 cm³/mol. The number of aliphatic hydroxyl groups is 1. The molecule has 0 unspecified atom stereocenters. The van der Waals surface area contributed by atoms with E-state index in [1.54, 1.807) is 6.07 Å². The number of rotatable bonds is 4. The molecule has 1 atom stereocenters. The zero-order chi connectivity index (χ0) is 15.6. The smallest absolute Gasteiger partial charge is 0.148 e. The van der Waals surface area contributed by atoms with E-state index >= 15 is 0 Å². The summed E-state index contributed by atoms with van der Waals surface area (Å²) in [7, 11) is 0. The highest BCUT2D eigenvalue weighted by atomic mass is 35.5. The van der Waals surface area contributed by atoms with Crippen LogP contribution in [0.1, 0.15) is 25.5 Å². The molecule has 118 valence electrons. The summed E-state index contributed by atoms with van der Waals surface area (Å²) in [5.74, 6) is -0.491. The number of nitrogens with zero attached hydrogens (tertiary/aromatic N) is 1. The molecule has 2 N–H and O–H groups in total. The molecule has 0 aliphatic carbocycles. The molecular weight excluding hydrogens is 314 g/mol. The van der Waals surface area contributed by atoms with Gasteiger partial charge in [0.25, 0.3) is 0 Å². The van der Waals surface area contributed by atoms with Crippen LogP contribution in [0.2, 0.25) is 10.0 Å². The Balaban J connectivity index is 2.52. The van der Waals surface area contributed by atoms with E-state index in [4.69, 9.17) is 23.2 Å². The van der Waals surface area contributed by atoms with Gasteiger partial charge in [-0.3, -0.25) is 4.90 Å². The maximum atomic E-state index is 14.6. The Kier molecular flexibility index (Phi) is 5.49. The lowest BCUT2D eigenvalue weighted by atomic mass is 9.79. The molecule has 0 radical (unpaired) electrons. The van der Waals surface area contributed by atoms with Crippen molar-refractivity contribution in [2.24, 2.45) is 5.41 Å². The van der Waals surface area contributed by atoms with Crippen LogP contribution in [0.15, 0.2) is 12.1 Å². The molecule has 0 spiro atoms. The third-order valence-corrected chi connectivity index (χ3v) is 4.64. The van der Waals surface area contributed by atoms with Gasteiger partial charge in [-0.2, -0.15) is 0 Å². The second-order valence-electron chi connectivity index (χ2n) is 6.09. The SMILES string of the molecule is CC(C)(CO)[C@@H](c1c(Cl)ccc(Cl)c1F)N1CCNCC1. The van der Waals surface area contributed by atoms with Crippen LogP contribution in [0.25, 0.3) is 0 Å². The summed E-state index contributed by atoms with van der Waals surface area (Å²) >= 11 is 12.2. The van der Waals surface area contributed by atoms with Crippen molar-refractivity contribution < 1.29 is 9.50 Å². The van der Waals surface area contributed by atoms with E-state index in [0.717, 1.165) is 26.2 Å². The highest BCUT2D eigenvalue weighted by Gasteiger charge is 2.38. The monoisotopic (exact) mass is 334 g/mol. The molecule has 1 fully saturated rings. The fraction of sp³-hybridized carbons (Fsp3) is 0.600. The topological polar surface area (TPSA) is 35.5 Å². The van der Waals surface area contributed by atoms with Gasteiger partial charge in [-0.05, 0) is 12.1 Å². The van der Waals surface area contributed by atoms with Gasteiger partial charge in [0, 0.05) is 54.8 Å². The summed E-state index contributed by atoms with van der Waals surface area (Å²) in [4.78, 5) is 2.16. The van der Waals surface area contributed by atoms with E-state index in [0.29, 0.717) is 10.6 Å². The average molecular weight is 335 g/mol. The molecule has 3 nitrogen and oxygen atoms in total. The molecule has 0 saturated carbocycles. The van der Waals surface area contributed by atoms with Crippen LogP contribution in [0.3, 0.4) is 0 Å². The highest BCUT2D eigenvalue weighted by molar-refractivity contribution is 6.33. The molecule has 2 rings (SSSR count). The van der Waals surface area contributed by atoms with Crippen LogP contribution in [-0.2, 0) is 0 Å². The van der Waals surface area contributed by atoms with Crippen LogP contribution < -0.4 is 5.32 Å². The first-order valence-electron chi connectivity index (χ1n) is 7.07. The van der Waals surface area contributed by atoms with E-state index in [2.05, 4.69) is 10.2 Å². The first-order chi connectivity index (χ1) is 9.88. The fourth-order valence-corrected chi connectivity index (χ4v) is 3.30. The van der Waals surface area contributed by atoms with Gasteiger partial charge in [0.1, 0.15) is 5.82 Å². The van der Waals surface area contributed by atoms with Crippen molar-refractivity contribution in [3.63, 3.8) is 0 Å². The maximum Gasteiger partial charge on any atom is 0.148 e. The second-order valence-corrected chi connectivity index (χ2v) is 6.91. The molecule has 0 aromatic heterocycles. The first kappa shape index (κ1) is 17.0. The van der Waals surface area contributed by atoms with Gasteiger partial charge in [0.05, 0.1) is 5.02 Å². The summed E-state index contributed by atoms with van der Waals surface area (Å²) in [6.07, 6.45) is 0. The Bertz CT molecular complexity index is 505. The number of hydrogen-bond donors (Lipinski definition) is 2. The van der Waals surface area contributed by atoms with E-state index in [1.165, 1.54) is 6.07 Å². The number of nitrogens with one attached hydrogen (secondary N) is 1. The molecule has 1 saturated heterocycles. The summed E-state index contributed by atoms with van der Waals surface area (Å²) in [6, 6.07) is 2.75. The fourth-order valence-electron chi connectivity index (χ4n) is 2.89. The minimum absolute atomic E-state index is 0.0586. The van der Waals surface area contributed by atoms with Gasteiger partial charge in [-0.25, -0.2) is 4.39 Å². The van der Waals surface area contributed by atoms with Crippen LogP contribution in [0, 0.1) is 11.2 Å². The second kappa shape index (κ2) is 6.80. The molecule has 1 aliphatic heterocycles. The molecule has 1 heterocycles. The van der Waals surface area contributed by atoms with Crippen LogP contribution in [0.4, 0.5) is 4.39 Å². The number of benzene rings is 1. The van der Waals surface area contributed by atoms with Gasteiger partial charge >= 0.3 is 0 Å². The summed E-state index contributed by atoms with van der Waals surface area (Å²) in [6.45, 7) is 6.97. The third-order valence-electron chi connectivity index (χ3n) is 4.02. The quantitative estimate of drug-likeness (QED) is 0.830. The minimum Gasteiger partial charge on any atom is -0.396 e. The Labute approximate surface area is 135 Å². The Morgan fingerprint density at radius 2 is 1.86 bits per heavy atom. The zero-order valence-corrected chi connectivity index (χ0v) is 13.8. The molecule has 21 heavy (non-hydrogen) atoms. The molecular formula is C15H21Cl2FN2O. The van der Waals surface area contributed by atoms with Crippen LogP contribution in [0.5, 0.6) is 0 Å². The summed E-state index contributed by atoms with van der Waals surface area (Å²) in [5, 5.41) is 13.4. The molecule has 0 amide bonds. The van der Waals surface area contributed by atoms with Gasteiger partial charge < -0.3 is 10.4 Å². The number of hydrogen-bond acceptors (Lipinski definition) is 3. The van der Waals surface area contributed by atoms with Crippen LogP contribution in [-0.4, -0.2) is 42.8 Å². The molecule has 1 aromatic carbocycles. The number of halogens is 3. The lowest BCUT2D eigenvalue weighted by molar-refractivity contribution is 0.0287. The molecule has 1 aliphatic rings. The predicted octanol–water partition coefficient (Wildman–Crippen LogP) is 3.10. The first-order valence-corrected chi connectivity index (χ1v) is 7.83. The minimum atomic E-state index is -0.535. The Hall–Kier alpha value is -0.390. The van der Waals surface area contributed by atoms with E-state index in [-0.39, 0.29) is 17.7 Å². The normalized spacial score (nSPS) is 18.8. The molecule has 1 aromatic rings. The highest BCUT2D eigenvalue weighted by Crippen LogP contribution is 2.43. The van der Waals surface area contributed by atoms with Crippen molar-refractivity contribution in [3.05, 3.63) is 33.6 Å². The standard InChI is InChI=1S/C15H21Cl2FN2O/c1-15(2,9-21)14(20-7-5-19-6-8-20)12-10(16)3-4-11(17)13(12)18/h3-4,14,19,21H,5-9H2,1-2H3/t14-/m1/s1. The Morgan fingerprint density at radius 3 is 2.43 bits per heavy atom. The number of piperazine rings is 1. The average Bonchev–Trinajstić information content (AvgIpc) is 2.48. The van der Waals surface area contributed by atoms with Gasteiger partial charge in [-0.1, -0.05) is 37.0 Å². The Morgan fingerprint density at radius 1 is 1.29 bits per heavy atom. The third kappa shape index (κ3) is 3.51. The van der Waals surface area contributed by atoms with E-state index in [9.17, 15) is 9.50 Å². The van der Waals surface area contributed by atoms with Gasteiger partial charge in [-0.15, -0.1) is 0 Å². The van der Waals surface area contributed by atoms with E-state index in [1.807, 2.05) is 13.8 Å². The van der Waals surface area contributed by atoms with E-state index < -0.39 is 11.2 Å². The lowest BCUT2D eigenvalue weighted by Gasteiger charge is -2.43. The molecule has 0 bridgehead atoms. The van der Waals surface area contributed by atoms with Gasteiger partial charge in [0.15, 0.2) is 0 Å². The van der Waals surface area contributed by atoms with Crippen LogP contribution >= 0.6 is 23.2 Å². The van der Waals surface area contributed by atoms with Crippen molar-refractivity contribution in [3.8, 4) is 0 Å². The van der Waals surface area contributed by atoms with Crippen molar-refractivity contribution >= 4 is 23.2 Å². The number of aliphatic hydroxyl groups excluding tert-OH is 1.